The molecular weight excluding hydrogens is 585 g/mol. The van der Waals surface area contributed by atoms with Gasteiger partial charge in [0.15, 0.2) is 0 Å². The summed E-state index contributed by atoms with van der Waals surface area (Å²) in [5, 5.41) is 5.61. The lowest BCUT2D eigenvalue weighted by Gasteiger charge is -2.14. The lowest BCUT2D eigenvalue weighted by Crippen LogP contribution is -1.99. The fraction of sp³-hybridized carbons (Fsp3) is 0. The molecule has 0 aliphatic heterocycles. The molecule has 0 atom stereocenters. The third kappa shape index (κ3) is 4.11. The van der Waals surface area contributed by atoms with Crippen molar-refractivity contribution in [3.8, 4) is 39.2 Å². The normalized spacial score (nSPS) is 11.8. The Morgan fingerprint density at radius 1 is 0.417 bits per heavy atom. The minimum absolute atomic E-state index is 0.872. The number of furan rings is 1. The van der Waals surface area contributed by atoms with E-state index in [2.05, 4.69) is 162 Å². The van der Waals surface area contributed by atoms with Gasteiger partial charge in [0.2, 0.25) is 0 Å². The maximum atomic E-state index is 6.62. The van der Waals surface area contributed by atoms with Crippen molar-refractivity contribution >= 4 is 54.6 Å². The fourth-order valence-corrected chi connectivity index (χ4v) is 7.33. The lowest BCUT2D eigenvalue weighted by atomic mass is 9.98. The average Bonchev–Trinajstić information content (AvgIpc) is 3.70. The van der Waals surface area contributed by atoms with Gasteiger partial charge >= 0.3 is 0 Å². The first kappa shape index (κ1) is 26.7. The molecule has 0 saturated heterocycles. The zero-order chi connectivity index (χ0) is 31.6. The van der Waals surface area contributed by atoms with Gasteiger partial charge in [-0.25, -0.2) is 4.98 Å². The van der Waals surface area contributed by atoms with E-state index in [4.69, 9.17) is 9.40 Å². The summed E-state index contributed by atoms with van der Waals surface area (Å²) in [6.45, 7) is 0. The van der Waals surface area contributed by atoms with Crippen LogP contribution in [0.5, 0.6) is 0 Å². The molecule has 0 unspecified atom stereocenters. The summed E-state index contributed by atoms with van der Waals surface area (Å²) in [5.74, 6) is 0.872. The van der Waals surface area contributed by atoms with Crippen LogP contribution in [-0.4, -0.2) is 9.55 Å². The predicted molar refractivity (Wildman–Crippen MR) is 200 cm³/mol. The first-order valence-corrected chi connectivity index (χ1v) is 16.3. The molecule has 0 amide bonds. The lowest BCUT2D eigenvalue weighted by molar-refractivity contribution is 0.673. The van der Waals surface area contributed by atoms with E-state index < -0.39 is 0 Å². The minimum Gasteiger partial charge on any atom is -0.455 e. The molecule has 0 N–H and O–H groups in total. The summed E-state index contributed by atoms with van der Waals surface area (Å²) in [4.78, 5) is 5.33. The van der Waals surface area contributed by atoms with Gasteiger partial charge in [-0.3, -0.25) is 4.57 Å². The molecule has 0 radical (unpaired) electrons. The van der Waals surface area contributed by atoms with Crippen LogP contribution in [0.3, 0.4) is 0 Å². The van der Waals surface area contributed by atoms with Crippen molar-refractivity contribution in [3.63, 3.8) is 0 Å². The SMILES string of the molecule is c1ccc(-c2ccc(-c3cc(-n4c5cc(-c6ccccc6)ccc5c5c6oc7ccccc7c6ccc54)nc4ccccc34)cc2)cc1. The maximum absolute atomic E-state index is 6.62. The zero-order valence-electron chi connectivity index (χ0n) is 26.0. The van der Waals surface area contributed by atoms with Crippen molar-refractivity contribution in [2.75, 3.05) is 0 Å². The zero-order valence-corrected chi connectivity index (χ0v) is 26.0. The molecule has 0 aliphatic rings. The number of para-hydroxylation sites is 2. The largest absolute Gasteiger partial charge is 0.455 e. The van der Waals surface area contributed by atoms with E-state index >= 15 is 0 Å². The van der Waals surface area contributed by atoms with Gasteiger partial charge in [0.25, 0.3) is 0 Å². The number of benzene rings is 7. The van der Waals surface area contributed by atoms with Gasteiger partial charge in [-0.05, 0) is 69.8 Å². The number of hydrogen-bond acceptors (Lipinski definition) is 2. The summed E-state index contributed by atoms with van der Waals surface area (Å²) in [6, 6.07) is 60.1. The molecule has 0 fully saturated rings. The third-order valence-corrected chi connectivity index (χ3v) is 9.62. The van der Waals surface area contributed by atoms with Gasteiger partial charge in [0, 0.05) is 21.5 Å². The Morgan fingerprint density at radius 3 is 1.81 bits per heavy atom. The summed E-state index contributed by atoms with van der Waals surface area (Å²) < 4.78 is 8.93. The summed E-state index contributed by atoms with van der Waals surface area (Å²) >= 11 is 0. The number of rotatable bonds is 4. The van der Waals surface area contributed by atoms with Crippen molar-refractivity contribution in [2.45, 2.75) is 0 Å². The molecule has 3 nitrogen and oxygen atoms in total. The Kier molecular flexibility index (Phi) is 5.87. The second-order valence-corrected chi connectivity index (χ2v) is 12.4. The van der Waals surface area contributed by atoms with Crippen LogP contribution in [0.4, 0.5) is 0 Å². The number of nitrogens with zero attached hydrogens (tertiary/aromatic N) is 2. The molecule has 224 valence electrons. The second-order valence-electron chi connectivity index (χ2n) is 12.4. The first-order valence-electron chi connectivity index (χ1n) is 16.3. The van der Waals surface area contributed by atoms with Crippen LogP contribution in [-0.2, 0) is 0 Å². The summed E-state index contributed by atoms with van der Waals surface area (Å²) in [5.41, 5.74) is 12.0. The Labute approximate surface area is 277 Å². The van der Waals surface area contributed by atoms with Crippen molar-refractivity contribution in [3.05, 3.63) is 170 Å². The topological polar surface area (TPSA) is 31.0 Å². The molecule has 10 aromatic rings. The monoisotopic (exact) mass is 612 g/mol. The van der Waals surface area contributed by atoms with Crippen LogP contribution >= 0.6 is 0 Å². The third-order valence-electron chi connectivity index (χ3n) is 9.62. The highest BCUT2D eigenvalue weighted by molar-refractivity contribution is 6.24. The molecule has 0 bridgehead atoms. The number of aromatic nitrogens is 2. The minimum atomic E-state index is 0.872. The Balaban J connectivity index is 1.27. The van der Waals surface area contributed by atoms with Crippen molar-refractivity contribution in [1.82, 2.24) is 9.55 Å². The molecule has 10 rings (SSSR count). The predicted octanol–water partition coefficient (Wildman–Crippen LogP) is 12.2. The standard InChI is InChI=1S/C45H28N2O/c1-3-11-29(12-4-1)31-19-21-32(22-20-31)38-28-43(46-39-17-9-7-15-34(38)39)47-40-26-25-36-35-16-8-10-18-42(35)48-45(36)44(40)37-24-23-33(27-41(37)47)30-13-5-2-6-14-30/h1-28H. The van der Waals surface area contributed by atoms with Crippen LogP contribution in [0.25, 0.3) is 93.8 Å². The van der Waals surface area contributed by atoms with E-state index in [1.54, 1.807) is 0 Å². The molecule has 0 spiro atoms. The van der Waals surface area contributed by atoms with Gasteiger partial charge in [0.05, 0.1) is 21.9 Å². The Morgan fingerprint density at radius 2 is 1.02 bits per heavy atom. The van der Waals surface area contributed by atoms with Crippen LogP contribution < -0.4 is 0 Å². The second kappa shape index (κ2) is 10.5. The van der Waals surface area contributed by atoms with Gasteiger partial charge in [-0.1, -0.05) is 133 Å². The fourth-order valence-electron chi connectivity index (χ4n) is 7.33. The Hall–Kier alpha value is -6.45. The van der Waals surface area contributed by atoms with E-state index in [0.717, 1.165) is 77.2 Å². The number of hydrogen-bond donors (Lipinski definition) is 0. The highest BCUT2D eigenvalue weighted by Crippen LogP contribution is 2.42. The molecule has 7 aromatic carbocycles. The molecular formula is C45H28N2O. The summed E-state index contributed by atoms with van der Waals surface area (Å²) in [7, 11) is 0. The Bertz CT molecular complexity index is 2810. The maximum Gasteiger partial charge on any atom is 0.145 e. The van der Waals surface area contributed by atoms with Gasteiger partial charge in [-0.2, -0.15) is 0 Å². The van der Waals surface area contributed by atoms with E-state index in [1.807, 2.05) is 12.1 Å². The van der Waals surface area contributed by atoms with E-state index in [1.165, 1.54) is 16.7 Å². The van der Waals surface area contributed by atoms with Crippen molar-refractivity contribution in [2.24, 2.45) is 0 Å². The van der Waals surface area contributed by atoms with E-state index in [0.29, 0.717) is 0 Å². The average molecular weight is 613 g/mol. The highest BCUT2D eigenvalue weighted by Gasteiger charge is 2.21. The molecule has 3 aromatic heterocycles. The smallest absolute Gasteiger partial charge is 0.145 e. The number of fused-ring (bicyclic) bond motifs is 8. The molecule has 3 heteroatoms. The van der Waals surface area contributed by atoms with E-state index in [9.17, 15) is 0 Å². The quantitative estimate of drug-likeness (QED) is 0.198. The number of pyridine rings is 1. The van der Waals surface area contributed by atoms with Crippen LogP contribution in [0.15, 0.2) is 174 Å². The summed E-state index contributed by atoms with van der Waals surface area (Å²) in [6.07, 6.45) is 0. The highest BCUT2D eigenvalue weighted by atomic mass is 16.3. The molecule has 0 aliphatic carbocycles. The van der Waals surface area contributed by atoms with Crippen molar-refractivity contribution < 1.29 is 4.42 Å². The molecule has 0 saturated carbocycles. The van der Waals surface area contributed by atoms with Crippen molar-refractivity contribution in [1.29, 1.82) is 0 Å². The van der Waals surface area contributed by atoms with Gasteiger partial charge < -0.3 is 4.42 Å². The van der Waals surface area contributed by atoms with Crippen LogP contribution in [0.2, 0.25) is 0 Å². The van der Waals surface area contributed by atoms with Crippen LogP contribution in [0.1, 0.15) is 0 Å². The van der Waals surface area contributed by atoms with Crippen LogP contribution in [0, 0.1) is 0 Å². The van der Waals surface area contributed by atoms with Gasteiger partial charge in [-0.15, -0.1) is 0 Å². The molecule has 3 heterocycles. The van der Waals surface area contributed by atoms with E-state index in [-0.39, 0.29) is 0 Å². The first-order chi connectivity index (χ1) is 23.8. The molecule has 48 heavy (non-hydrogen) atoms. The van der Waals surface area contributed by atoms with Gasteiger partial charge in [0.1, 0.15) is 17.0 Å².